The first kappa shape index (κ1) is 20.5. The van der Waals surface area contributed by atoms with Crippen LogP contribution in [0, 0.1) is 0 Å². The molecule has 0 saturated carbocycles. The Hall–Kier alpha value is -4.38. The quantitative estimate of drug-likeness (QED) is 0.310. The Kier molecular flexibility index (Phi) is 5.60. The van der Waals surface area contributed by atoms with Crippen molar-refractivity contribution in [2.45, 2.75) is 6.54 Å². The van der Waals surface area contributed by atoms with Crippen LogP contribution in [0.25, 0.3) is 21.8 Å². The Labute approximate surface area is 192 Å². The maximum Gasteiger partial charge on any atom is 0.255 e. The molecular weight excluding hydrogens is 410 g/mol. The van der Waals surface area contributed by atoms with Crippen molar-refractivity contribution in [2.24, 2.45) is 0 Å². The molecule has 0 atom stereocenters. The van der Waals surface area contributed by atoms with Gasteiger partial charge in [-0.2, -0.15) is 0 Å². The zero-order chi connectivity index (χ0) is 22.6. The van der Waals surface area contributed by atoms with Gasteiger partial charge >= 0.3 is 0 Å². The summed E-state index contributed by atoms with van der Waals surface area (Å²) in [5.41, 5.74) is 5.33. The molecule has 33 heavy (non-hydrogen) atoms. The van der Waals surface area contributed by atoms with Crippen LogP contribution in [0.1, 0.15) is 15.9 Å². The molecule has 5 heteroatoms. The van der Waals surface area contributed by atoms with Crippen LogP contribution in [-0.4, -0.2) is 18.0 Å². The zero-order valence-corrected chi connectivity index (χ0v) is 18.2. The van der Waals surface area contributed by atoms with Gasteiger partial charge < -0.3 is 15.4 Å². The number of nitrogens with zero attached hydrogens (tertiary/aromatic N) is 1. The number of pyridine rings is 1. The van der Waals surface area contributed by atoms with Gasteiger partial charge in [0.2, 0.25) is 0 Å². The van der Waals surface area contributed by atoms with Crippen molar-refractivity contribution in [3.63, 3.8) is 0 Å². The fourth-order valence-corrected chi connectivity index (χ4v) is 3.88. The molecule has 5 aromatic rings. The largest absolute Gasteiger partial charge is 0.497 e. The molecule has 1 aromatic heterocycles. The lowest BCUT2D eigenvalue weighted by Crippen LogP contribution is -2.11. The zero-order valence-electron chi connectivity index (χ0n) is 18.2. The summed E-state index contributed by atoms with van der Waals surface area (Å²) in [6.45, 7) is 0.612. The van der Waals surface area contributed by atoms with E-state index in [1.165, 1.54) is 0 Å². The number of fused-ring (bicyclic) bond motifs is 2. The van der Waals surface area contributed by atoms with Crippen molar-refractivity contribution < 1.29 is 9.53 Å². The second-order valence-corrected chi connectivity index (χ2v) is 7.76. The number of carbonyl (C=O) groups excluding carboxylic acids is 1. The fourth-order valence-electron chi connectivity index (χ4n) is 3.88. The third-order valence-electron chi connectivity index (χ3n) is 5.60. The first-order chi connectivity index (χ1) is 16.2. The summed E-state index contributed by atoms with van der Waals surface area (Å²) in [6, 6.07) is 31.1. The predicted molar refractivity (Wildman–Crippen MR) is 134 cm³/mol. The van der Waals surface area contributed by atoms with Crippen molar-refractivity contribution in [3.05, 3.63) is 108 Å². The molecule has 0 fully saturated rings. The van der Waals surface area contributed by atoms with Crippen LogP contribution in [0.2, 0.25) is 0 Å². The van der Waals surface area contributed by atoms with E-state index >= 15 is 0 Å². The molecule has 4 aromatic carbocycles. The number of amides is 1. The summed E-state index contributed by atoms with van der Waals surface area (Å²) >= 11 is 0. The highest BCUT2D eigenvalue weighted by atomic mass is 16.5. The molecule has 162 valence electrons. The molecule has 0 aliphatic rings. The average molecular weight is 434 g/mol. The van der Waals surface area contributed by atoms with Crippen LogP contribution in [0.5, 0.6) is 5.75 Å². The summed E-state index contributed by atoms with van der Waals surface area (Å²) in [6.07, 6.45) is 0. The fraction of sp³-hybridized carbons (Fsp3) is 0.0714. The van der Waals surface area contributed by atoms with Gasteiger partial charge in [0.15, 0.2) is 0 Å². The number of para-hydroxylation sites is 2. The standard InChI is InChI=1S/C28H23N3O2/c1-33-22-15-16-26-24(17-22)27(23-9-5-6-10-25(23)31-26)29-18-19-11-13-20(14-12-19)28(32)30-21-7-3-2-4-8-21/h2-17H,18H2,1H3,(H,29,31)(H,30,32). The number of hydrogen-bond acceptors (Lipinski definition) is 4. The number of rotatable bonds is 6. The third kappa shape index (κ3) is 4.34. The van der Waals surface area contributed by atoms with Gasteiger partial charge in [-0.15, -0.1) is 0 Å². The van der Waals surface area contributed by atoms with E-state index in [1.54, 1.807) is 7.11 Å². The SMILES string of the molecule is COc1ccc2nc3ccccc3c(NCc3ccc(C(=O)Nc4ccccc4)cc3)c2c1. The average Bonchev–Trinajstić information content (AvgIpc) is 2.87. The van der Waals surface area contributed by atoms with Crippen molar-refractivity contribution in [3.8, 4) is 5.75 Å². The van der Waals surface area contributed by atoms with Crippen molar-refractivity contribution in [1.82, 2.24) is 4.98 Å². The van der Waals surface area contributed by atoms with Gasteiger partial charge in [0.05, 0.1) is 23.8 Å². The highest BCUT2D eigenvalue weighted by Crippen LogP contribution is 2.33. The van der Waals surface area contributed by atoms with E-state index in [9.17, 15) is 4.79 Å². The lowest BCUT2D eigenvalue weighted by Gasteiger charge is -2.14. The van der Waals surface area contributed by atoms with Crippen molar-refractivity contribution >= 4 is 39.1 Å². The molecule has 5 nitrogen and oxygen atoms in total. The molecule has 0 bridgehead atoms. The summed E-state index contributed by atoms with van der Waals surface area (Å²) < 4.78 is 5.44. The molecule has 2 N–H and O–H groups in total. The predicted octanol–water partition coefficient (Wildman–Crippen LogP) is 6.26. The van der Waals surface area contributed by atoms with Gasteiger partial charge in [-0.3, -0.25) is 4.79 Å². The molecule has 1 heterocycles. The smallest absolute Gasteiger partial charge is 0.255 e. The van der Waals surface area contributed by atoms with Crippen LogP contribution in [0.15, 0.2) is 97.1 Å². The number of hydrogen-bond donors (Lipinski definition) is 2. The van der Waals surface area contributed by atoms with Gasteiger partial charge in [0.1, 0.15) is 5.75 Å². The van der Waals surface area contributed by atoms with E-state index in [-0.39, 0.29) is 5.91 Å². The second-order valence-electron chi connectivity index (χ2n) is 7.76. The van der Waals surface area contributed by atoms with Crippen LogP contribution in [0.3, 0.4) is 0 Å². The second kappa shape index (κ2) is 9.01. The van der Waals surface area contributed by atoms with Gasteiger partial charge in [-0.25, -0.2) is 4.98 Å². The molecule has 0 unspecified atom stereocenters. The molecule has 0 spiro atoms. The minimum absolute atomic E-state index is 0.126. The van der Waals surface area contributed by atoms with E-state index in [1.807, 2.05) is 91.0 Å². The number of nitrogens with one attached hydrogen (secondary N) is 2. The topological polar surface area (TPSA) is 63.2 Å². The maximum atomic E-state index is 12.5. The monoisotopic (exact) mass is 433 g/mol. The molecule has 0 saturated heterocycles. The summed E-state index contributed by atoms with van der Waals surface area (Å²) in [4.78, 5) is 17.3. The van der Waals surface area contributed by atoms with Gasteiger partial charge in [-0.05, 0) is 54.1 Å². The normalized spacial score (nSPS) is 10.8. The maximum absolute atomic E-state index is 12.5. The molecular formula is C28H23N3O2. The van der Waals surface area contributed by atoms with Crippen LogP contribution < -0.4 is 15.4 Å². The van der Waals surface area contributed by atoms with Crippen LogP contribution >= 0.6 is 0 Å². The summed E-state index contributed by atoms with van der Waals surface area (Å²) in [5.74, 6) is 0.662. The van der Waals surface area contributed by atoms with E-state index in [0.717, 1.165) is 44.5 Å². The van der Waals surface area contributed by atoms with Crippen LogP contribution in [-0.2, 0) is 6.54 Å². The minimum Gasteiger partial charge on any atom is -0.497 e. The first-order valence-electron chi connectivity index (χ1n) is 10.8. The Balaban J connectivity index is 1.39. The third-order valence-corrected chi connectivity index (χ3v) is 5.60. The van der Waals surface area contributed by atoms with E-state index in [0.29, 0.717) is 12.1 Å². The number of anilines is 2. The summed E-state index contributed by atoms with van der Waals surface area (Å²) in [7, 11) is 1.66. The Bertz CT molecular complexity index is 1430. The minimum atomic E-state index is -0.126. The lowest BCUT2D eigenvalue weighted by atomic mass is 10.1. The molecule has 0 radical (unpaired) electrons. The highest BCUT2D eigenvalue weighted by Gasteiger charge is 2.11. The van der Waals surface area contributed by atoms with E-state index in [4.69, 9.17) is 9.72 Å². The van der Waals surface area contributed by atoms with Crippen LogP contribution in [0.4, 0.5) is 11.4 Å². The highest BCUT2D eigenvalue weighted by molar-refractivity contribution is 6.08. The summed E-state index contributed by atoms with van der Waals surface area (Å²) in [5, 5.41) is 8.56. The molecule has 0 aliphatic heterocycles. The lowest BCUT2D eigenvalue weighted by molar-refractivity contribution is 0.102. The number of carbonyl (C=O) groups is 1. The Morgan fingerprint density at radius 2 is 1.55 bits per heavy atom. The van der Waals surface area contributed by atoms with E-state index in [2.05, 4.69) is 16.7 Å². The Morgan fingerprint density at radius 3 is 2.33 bits per heavy atom. The number of ether oxygens (including phenoxy) is 1. The van der Waals surface area contributed by atoms with E-state index < -0.39 is 0 Å². The number of methoxy groups -OCH3 is 1. The molecule has 5 rings (SSSR count). The number of aromatic nitrogens is 1. The molecule has 1 amide bonds. The van der Waals surface area contributed by atoms with Gasteiger partial charge in [0.25, 0.3) is 5.91 Å². The van der Waals surface area contributed by atoms with Gasteiger partial charge in [0, 0.05) is 28.6 Å². The number of benzene rings is 4. The van der Waals surface area contributed by atoms with Gasteiger partial charge in [-0.1, -0.05) is 48.5 Å². The van der Waals surface area contributed by atoms with Crippen molar-refractivity contribution in [2.75, 3.05) is 17.7 Å². The first-order valence-corrected chi connectivity index (χ1v) is 10.8. The van der Waals surface area contributed by atoms with Crippen molar-refractivity contribution in [1.29, 1.82) is 0 Å². The Morgan fingerprint density at radius 1 is 0.818 bits per heavy atom. The molecule has 0 aliphatic carbocycles.